The summed E-state index contributed by atoms with van der Waals surface area (Å²) < 4.78 is 5.85. The molecule has 1 aliphatic heterocycles. The number of carboxylic acid groups (broad SMARTS) is 1. The fraction of sp³-hybridized carbons (Fsp3) is 0.407. The minimum absolute atomic E-state index is 0.192. The molecule has 0 spiro atoms. The van der Waals surface area contributed by atoms with Crippen LogP contribution in [0.3, 0.4) is 0 Å². The van der Waals surface area contributed by atoms with E-state index in [2.05, 4.69) is 15.6 Å². The highest BCUT2D eigenvalue weighted by molar-refractivity contribution is 5.99. The molecule has 7 heteroatoms. The van der Waals surface area contributed by atoms with E-state index in [0.717, 1.165) is 47.6 Å². The molecule has 1 saturated heterocycles. The van der Waals surface area contributed by atoms with Crippen LogP contribution in [0.4, 0.5) is 0 Å². The minimum Gasteiger partial charge on any atom is -0.494 e. The van der Waals surface area contributed by atoms with E-state index in [-0.39, 0.29) is 6.42 Å². The normalized spacial score (nSPS) is 15.2. The van der Waals surface area contributed by atoms with E-state index < -0.39 is 17.9 Å². The molecule has 2 heterocycles. The number of hydrogen-bond donors (Lipinski definition) is 4. The van der Waals surface area contributed by atoms with Gasteiger partial charge in [0.25, 0.3) is 5.91 Å². The number of para-hydroxylation sites is 1. The standard InChI is InChI=1S/C27H33N3O4/c31-26(24-18-21-6-1-2-7-23(21)29-24)30-25(27(32)33)17-20-8-10-22(11-9-20)34-16-4-3-5-19-12-14-28-15-13-19/h1-2,6-11,18-19,25,28-29H,3-5,12-17H2,(H,30,31)(H,32,33)/t25-/m0/s1. The monoisotopic (exact) mass is 463 g/mol. The third kappa shape index (κ3) is 6.60. The van der Waals surface area contributed by atoms with Crippen LogP contribution < -0.4 is 15.4 Å². The minimum atomic E-state index is -1.07. The summed E-state index contributed by atoms with van der Waals surface area (Å²) in [5, 5.41) is 16.6. The lowest BCUT2D eigenvalue weighted by Gasteiger charge is -2.22. The lowest BCUT2D eigenvalue weighted by Crippen LogP contribution is -2.42. The van der Waals surface area contributed by atoms with Crippen LogP contribution in [0.1, 0.15) is 48.2 Å². The topological polar surface area (TPSA) is 103 Å². The summed E-state index contributed by atoms with van der Waals surface area (Å²) in [6.45, 7) is 2.97. The molecule has 1 fully saturated rings. The maximum atomic E-state index is 12.6. The first-order chi connectivity index (χ1) is 16.6. The molecule has 0 saturated carbocycles. The smallest absolute Gasteiger partial charge is 0.326 e. The summed E-state index contributed by atoms with van der Waals surface area (Å²) in [4.78, 5) is 27.4. The van der Waals surface area contributed by atoms with Crippen molar-refractivity contribution in [2.24, 2.45) is 5.92 Å². The molecule has 3 aromatic rings. The predicted octanol–water partition coefficient (Wildman–Crippen LogP) is 4.14. The molecule has 0 unspecified atom stereocenters. The predicted molar refractivity (Wildman–Crippen MR) is 132 cm³/mol. The van der Waals surface area contributed by atoms with Crippen LogP contribution in [0, 0.1) is 5.92 Å². The second kappa shape index (κ2) is 11.7. The molecule has 2 aromatic carbocycles. The Balaban J connectivity index is 1.24. The molecule has 180 valence electrons. The van der Waals surface area contributed by atoms with Gasteiger partial charge in [0.2, 0.25) is 0 Å². The lowest BCUT2D eigenvalue weighted by molar-refractivity contribution is -0.139. The second-order valence-corrected chi connectivity index (χ2v) is 9.02. The fourth-order valence-corrected chi connectivity index (χ4v) is 4.48. The first kappa shape index (κ1) is 23.8. The van der Waals surface area contributed by atoms with Crippen molar-refractivity contribution < 1.29 is 19.4 Å². The number of nitrogens with one attached hydrogen (secondary N) is 3. The number of ether oxygens (including phenoxy) is 1. The van der Waals surface area contributed by atoms with Crippen molar-refractivity contribution in [1.82, 2.24) is 15.6 Å². The number of fused-ring (bicyclic) bond motifs is 1. The highest BCUT2D eigenvalue weighted by Gasteiger charge is 2.22. The lowest BCUT2D eigenvalue weighted by atomic mass is 9.93. The van der Waals surface area contributed by atoms with Gasteiger partial charge in [-0.3, -0.25) is 4.79 Å². The SMILES string of the molecule is O=C(N[C@@H](Cc1ccc(OCCCCC2CCNCC2)cc1)C(=O)O)c1cc2ccccc2[nH]1. The van der Waals surface area contributed by atoms with Crippen LogP contribution in [-0.2, 0) is 11.2 Å². The number of amides is 1. The summed E-state index contributed by atoms with van der Waals surface area (Å²) >= 11 is 0. The van der Waals surface area contributed by atoms with Gasteiger partial charge in [-0.15, -0.1) is 0 Å². The number of rotatable bonds is 11. The fourth-order valence-electron chi connectivity index (χ4n) is 4.48. The number of aromatic amines is 1. The van der Waals surface area contributed by atoms with Gasteiger partial charge >= 0.3 is 5.97 Å². The average molecular weight is 464 g/mol. The number of unbranched alkanes of at least 4 members (excludes halogenated alkanes) is 1. The van der Waals surface area contributed by atoms with Gasteiger partial charge in [0.05, 0.1) is 6.61 Å². The van der Waals surface area contributed by atoms with Gasteiger partial charge in [0.1, 0.15) is 17.5 Å². The van der Waals surface area contributed by atoms with Crippen LogP contribution in [0.2, 0.25) is 0 Å². The summed E-state index contributed by atoms with van der Waals surface area (Å²) in [5.74, 6) is 0.116. The van der Waals surface area contributed by atoms with Crippen molar-refractivity contribution in [2.75, 3.05) is 19.7 Å². The molecule has 4 N–H and O–H groups in total. The molecule has 0 aliphatic carbocycles. The number of H-pyrrole nitrogens is 1. The van der Waals surface area contributed by atoms with Gasteiger partial charge in [-0.25, -0.2) is 4.79 Å². The zero-order valence-corrected chi connectivity index (χ0v) is 19.4. The van der Waals surface area contributed by atoms with Crippen molar-refractivity contribution in [1.29, 1.82) is 0 Å². The molecule has 1 aliphatic rings. The van der Waals surface area contributed by atoms with E-state index in [4.69, 9.17) is 4.74 Å². The highest BCUT2D eigenvalue weighted by Crippen LogP contribution is 2.20. The van der Waals surface area contributed by atoms with Crippen molar-refractivity contribution >= 4 is 22.8 Å². The van der Waals surface area contributed by atoms with Crippen molar-refractivity contribution in [3.63, 3.8) is 0 Å². The van der Waals surface area contributed by atoms with Gasteiger partial charge in [-0.05, 0) is 74.5 Å². The van der Waals surface area contributed by atoms with Crippen LogP contribution in [-0.4, -0.2) is 47.7 Å². The van der Waals surface area contributed by atoms with E-state index in [9.17, 15) is 14.7 Å². The molecule has 1 atom stereocenters. The van der Waals surface area contributed by atoms with Crippen molar-refractivity contribution in [2.45, 2.75) is 44.6 Å². The molecule has 0 bridgehead atoms. The number of aromatic nitrogens is 1. The molecule has 4 rings (SSSR count). The zero-order valence-electron chi connectivity index (χ0n) is 19.4. The maximum Gasteiger partial charge on any atom is 0.326 e. The number of benzene rings is 2. The number of hydrogen-bond acceptors (Lipinski definition) is 4. The quantitative estimate of drug-likeness (QED) is 0.320. The van der Waals surface area contributed by atoms with Crippen LogP contribution in [0.25, 0.3) is 10.9 Å². The number of carbonyl (C=O) groups is 2. The zero-order chi connectivity index (χ0) is 23.8. The summed E-state index contributed by atoms with van der Waals surface area (Å²) in [6, 6.07) is 15.7. The van der Waals surface area contributed by atoms with Gasteiger partial charge in [-0.1, -0.05) is 36.8 Å². The van der Waals surface area contributed by atoms with Gasteiger partial charge < -0.3 is 25.5 Å². The Labute approximate surface area is 199 Å². The van der Waals surface area contributed by atoms with Gasteiger partial charge in [0.15, 0.2) is 0 Å². The van der Waals surface area contributed by atoms with E-state index in [1.54, 1.807) is 6.07 Å². The van der Waals surface area contributed by atoms with Crippen molar-refractivity contribution in [3.8, 4) is 5.75 Å². The Hall–Kier alpha value is -3.32. The number of carboxylic acids is 1. The number of carbonyl (C=O) groups excluding carboxylic acids is 1. The highest BCUT2D eigenvalue weighted by atomic mass is 16.5. The summed E-state index contributed by atoms with van der Waals surface area (Å²) in [6.07, 6.45) is 6.23. The van der Waals surface area contributed by atoms with E-state index in [1.807, 2.05) is 48.5 Å². The van der Waals surface area contributed by atoms with Crippen molar-refractivity contribution in [3.05, 3.63) is 65.9 Å². The second-order valence-electron chi connectivity index (χ2n) is 9.02. The summed E-state index contributed by atoms with van der Waals surface area (Å²) in [7, 11) is 0. The molecular weight excluding hydrogens is 430 g/mol. The van der Waals surface area contributed by atoms with E-state index >= 15 is 0 Å². The molecular formula is C27H33N3O4. The number of aliphatic carboxylic acids is 1. The molecule has 1 aromatic heterocycles. The number of piperidine rings is 1. The largest absolute Gasteiger partial charge is 0.494 e. The van der Waals surface area contributed by atoms with Gasteiger partial charge in [0, 0.05) is 17.3 Å². The summed E-state index contributed by atoms with van der Waals surface area (Å²) in [5.41, 5.74) is 2.00. The van der Waals surface area contributed by atoms with Crippen LogP contribution in [0.5, 0.6) is 5.75 Å². The molecule has 7 nitrogen and oxygen atoms in total. The Morgan fingerprint density at radius 1 is 1.06 bits per heavy atom. The first-order valence-corrected chi connectivity index (χ1v) is 12.1. The third-order valence-electron chi connectivity index (χ3n) is 6.48. The van der Waals surface area contributed by atoms with E-state index in [0.29, 0.717) is 12.3 Å². The Kier molecular flexibility index (Phi) is 8.20. The van der Waals surface area contributed by atoms with Gasteiger partial charge in [-0.2, -0.15) is 0 Å². The molecule has 0 radical (unpaired) electrons. The third-order valence-corrected chi connectivity index (χ3v) is 6.48. The van der Waals surface area contributed by atoms with Crippen LogP contribution >= 0.6 is 0 Å². The van der Waals surface area contributed by atoms with Crippen LogP contribution in [0.15, 0.2) is 54.6 Å². The molecule has 1 amide bonds. The first-order valence-electron chi connectivity index (χ1n) is 12.1. The molecule has 34 heavy (non-hydrogen) atoms. The Morgan fingerprint density at radius 2 is 1.82 bits per heavy atom. The Morgan fingerprint density at radius 3 is 2.56 bits per heavy atom. The maximum absolute atomic E-state index is 12.6. The Bertz CT molecular complexity index is 1050. The van der Waals surface area contributed by atoms with E-state index in [1.165, 1.54) is 25.7 Å². The average Bonchev–Trinajstić information content (AvgIpc) is 3.29.